The van der Waals surface area contributed by atoms with Crippen molar-refractivity contribution in [3.63, 3.8) is 0 Å². The van der Waals surface area contributed by atoms with Crippen LogP contribution in [0.1, 0.15) is 82.0 Å². The molecule has 0 atom stereocenters. The monoisotopic (exact) mass is 508 g/mol. The van der Waals surface area contributed by atoms with E-state index in [1.165, 1.54) is 16.0 Å². The summed E-state index contributed by atoms with van der Waals surface area (Å²) in [5, 5.41) is 1.05. The SMILES string of the molecule is COc1c(C(C)(C)C)cc(-c2ncc(C3CCN(C(=O)Cn4cncc4C)CC3)s2)cc1C(C)(C)C. The summed E-state index contributed by atoms with van der Waals surface area (Å²) in [7, 11) is 1.77. The lowest BCUT2D eigenvalue weighted by Gasteiger charge is -2.31. The molecule has 1 amide bonds. The van der Waals surface area contributed by atoms with Crippen molar-refractivity contribution in [1.29, 1.82) is 0 Å². The van der Waals surface area contributed by atoms with Crippen molar-refractivity contribution in [2.45, 2.75) is 84.6 Å². The predicted molar refractivity (Wildman–Crippen MR) is 147 cm³/mol. The van der Waals surface area contributed by atoms with Crippen molar-refractivity contribution >= 4 is 17.2 Å². The Morgan fingerprint density at radius 1 is 1.06 bits per heavy atom. The molecule has 0 bridgehead atoms. The summed E-state index contributed by atoms with van der Waals surface area (Å²) in [5.74, 6) is 1.60. The van der Waals surface area contributed by atoms with Crippen LogP contribution in [-0.4, -0.2) is 45.5 Å². The fraction of sp³-hybridized carbons (Fsp3) is 0.552. The lowest BCUT2D eigenvalue weighted by atomic mass is 9.78. The fourth-order valence-electron chi connectivity index (χ4n) is 4.91. The molecule has 1 aliphatic heterocycles. The van der Waals surface area contributed by atoms with Crippen LogP contribution in [0.25, 0.3) is 10.6 Å². The zero-order chi connectivity index (χ0) is 26.3. The molecule has 1 saturated heterocycles. The van der Waals surface area contributed by atoms with E-state index in [0.717, 1.165) is 47.9 Å². The lowest BCUT2D eigenvalue weighted by molar-refractivity contribution is -0.132. The summed E-state index contributed by atoms with van der Waals surface area (Å²) in [6, 6.07) is 4.52. The lowest BCUT2D eigenvalue weighted by Crippen LogP contribution is -2.39. The number of hydrogen-bond acceptors (Lipinski definition) is 5. The number of amides is 1. The molecular formula is C29H40N4O2S. The van der Waals surface area contributed by atoms with Crippen LogP contribution in [0, 0.1) is 6.92 Å². The first-order valence-corrected chi connectivity index (χ1v) is 13.6. The maximum atomic E-state index is 12.8. The zero-order valence-corrected chi connectivity index (χ0v) is 23.8. The quantitative estimate of drug-likeness (QED) is 0.404. The van der Waals surface area contributed by atoms with E-state index in [9.17, 15) is 4.79 Å². The highest BCUT2D eigenvalue weighted by atomic mass is 32.1. The van der Waals surface area contributed by atoms with Gasteiger partial charge in [0.2, 0.25) is 5.91 Å². The van der Waals surface area contributed by atoms with Crippen LogP contribution in [0.15, 0.2) is 30.9 Å². The second-order valence-electron chi connectivity index (χ2n) is 12.0. The van der Waals surface area contributed by atoms with Crippen LogP contribution < -0.4 is 4.74 Å². The second kappa shape index (κ2) is 10.0. The van der Waals surface area contributed by atoms with Crippen LogP contribution in [0.4, 0.5) is 0 Å². The second-order valence-corrected chi connectivity index (χ2v) is 13.1. The third-order valence-electron chi connectivity index (χ3n) is 7.16. The minimum Gasteiger partial charge on any atom is -0.496 e. The summed E-state index contributed by atoms with van der Waals surface area (Å²) >= 11 is 1.79. The zero-order valence-electron chi connectivity index (χ0n) is 23.0. The number of piperidine rings is 1. The molecule has 0 aliphatic carbocycles. The summed E-state index contributed by atoms with van der Waals surface area (Å²) in [5.41, 5.74) is 4.50. The van der Waals surface area contributed by atoms with Gasteiger partial charge in [0.05, 0.1) is 13.4 Å². The molecule has 0 N–H and O–H groups in total. The molecule has 4 rings (SSSR count). The van der Waals surface area contributed by atoms with E-state index in [4.69, 9.17) is 9.72 Å². The number of carbonyl (C=O) groups excluding carboxylic acids is 1. The molecule has 0 unspecified atom stereocenters. The van der Waals surface area contributed by atoms with Crippen molar-refractivity contribution in [3.05, 3.63) is 52.6 Å². The summed E-state index contributed by atoms with van der Waals surface area (Å²) in [4.78, 5) is 25.1. The molecule has 2 aromatic heterocycles. The van der Waals surface area contributed by atoms with Gasteiger partial charge in [0.25, 0.3) is 0 Å². The number of hydrogen-bond donors (Lipinski definition) is 0. The van der Waals surface area contributed by atoms with E-state index in [2.05, 4.69) is 64.9 Å². The molecule has 1 aromatic carbocycles. The Hall–Kier alpha value is -2.67. The number of nitrogens with zero attached hydrogens (tertiary/aromatic N) is 4. The Kier molecular flexibility index (Phi) is 7.33. The molecule has 6 nitrogen and oxygen atoms in total. The van der Waals surface area contributed by atoms with Gasteiger partial charge >= 0.3 is 0 Å². The van der Waals surface area contributed by atoms with E-state index in [0.29, 0.717) is 12.5 Å². The molecule has 3 aromatic rings. The molecule has 0 saturated carbocycles. The standard InChI is InChI=1S/C29H40N4O2S/c1-19-15-30-18-33(19)17-25(34)32-11-9-20(10-12-32)24-16-31-27(36-24)21-13-22(28(2,3)4)26(35-8)23(14-21)29(5,6)7/h13-16,18,20H,9-12,17H2,1-8H3. The number of aryl methyl sites for hydroxylation is 1. The van der Waals surface area contributed by atoms with E-state index < -0.39 is 0 Å². The number of imidazole rings is 1. The van der Waals surface area contributed by atoms with Gasteiger partial charge in [-0.1, -0.05) is 41.5 Å². The van der Waals surface area contributed by atoms with Gasteiger partial charge in [0.15, 0.2) is 0 Å². The van der Waals surface area contributed by atoms with Crippen molar-refractivity contribution in [2.24, 2.45) is 0 Å². The highest BCUT2D eigenvalue weighted by Gasteiger charge is 2.29. The smallest absolute Gasteiger partial charge is 0.242 e. The number of carbonyl (C=O) groups is 1. The number of benzene rings is 1. The molecule has 36 heavy (non-hydrogen) atoms. The summed E-state index contributed by atoms with van der Waals surface area (Å²) in [6.07, 6.45) is 7.51. The topological polar surface area (TPSA) is 60.2 Å². The molecule has 3 heterocycles. The van der Waals surface area contributed by atoms with Gasteiger partial charge in [-0.25, -0.2) is 9.97 Å². The third-order valence-corrected chi connectivity index (χ3v) is 8.36. The number of ether oxygens (including phenoxy) is 1. The van der Waals surface area contributed by atoms with Crippen molar-refractivity contribution < 1.29 is 9.53 Å². The molecule has 0 radical (unpaired) electrons. The van der Waals surface area contributed by atoms with Crippen molar-refractivity contribution in [3.8, 4) is 16.3 Å². The number of thiazole rings is 1. The summed E-state index contributed by atoms with van der Waals surface area (Å²) < 4.78 is 7.85. The van der Waals surface area contributed by atoms with Crippen LogP contribution in [-0.2, 0) is 22.2 Å². The maximum absolute atomic E-state index is 12.8. The molecule has 194 valence electrons. The Bertz CT molecular complexity index is 1190. The minimum atomic E-state index is -0.0456. The van der Waals surface area contributed by atoms with Crippen LogP contribution in [0.5, 0.6) is 5.75 Å². The number of likely N-dealkylation sites (tertiary alicyclic amines) is 1. The number of rotatable bonds is 5. The first-order chi connectivity index (χ1) is 16.9. The van der Waals surface area contributed by atoms with Crippen molar-refractivity contribution in [1.82, 2.24) is 19.4 Å². The molecular weight excluding hydrogens is 468 g/mol. The predicted octanol–water partition coefficient (Wildman–Crippen LogP) is 6.32. The highest BCUT2D eigenvalue weighted by molar-refractivity contribution is 7.15. The van der Waals surface area contributed by atoms with Gasteiger partial charge in [-0.3, -0.25) is 4.79 Å². The van der Waals surface area contributed by atoms with Crippen LogP contribution >= 0.6 is 11.3 Å². The first-order valence-electron chi connectivity index (χ1n) is 12.8. The van der Waals surface area contributed by atoms with Gasteiger partial charge in [0, 0.05) is 52.7 Å². The number of methoxy groups -OCH3 is 1. The Labute approximate surface area is 219 Å². The van der Waals surface area contributed by atoms with Crippen LogP contribution in [0.3, 0.4) is 0 Å². The fourth-order valence-corrected chi connectivity index (χ4v) is 5.98. The van der Waals surface area contributed by atoms with Gasteiger partial charge < -0.3 is 14.2 Å². The Morgan fingerprint density at radius 3 is 2.17 bits per heavy atom. The van der Waals surface area contributed by atoms with Crippen molar-refractivity contribution in [2.75, 3.05) is 20.2 Å². The largest absolute Gasteiger partial charge is 0.496 e. The van der Waals surface area contributed by atoms with Gasteiger partial charge in [0.1, 0.15) is 17.3 Å². The van der Waals surface area contributed by atoms with E-state index in [-0.39, 0.29) is 16.7 Å². The van der Waals surface area contributed by atoms with E-state index >= 15 is 0 Å². The minimum absolute atomic E-state index is 0.0456. The highest BCUT2D eigenvalue weighted by Crippen LogP contribution is 2.44. The van der Waals surface area contributed by atoms with Crippen LogP contribution in [0.2, 0.25) is 0 Å². The average Bonchev–Trinajstić information content (AvgIpc) is 3.46. The Balaban J connectivity index is 1.52. The van der Waals surface area contributed by atoms with E-state index in [1.807, 2.05) is 16.4 Å². The summed E-state index contributed by atoms with van der Waals surface area (Å²) in [6.45, 7) is 17.3. The molecule has 1 aliphatic rings. The average molecular weight is 509 g/mol. The molecule has 7 heteroatoms. The molecule has 1 fully saturated rings. The van der Waals surface area contributed by atoms with Gasteiger partial charge in [-0.15, -0.1) is 11.3 Å². The molecule has 0 spiro atoms. The number of aromatic nitrogens is 3. The Morgan fingerprint density at radius 2 is 1.67 bits per heavy atom. The third kappa shape index (κ3) is 5.51. The van der Waals surface area contributed by atoms with Gasteiger partial charge in [-0.2, -0.15) is 0 Å². The first kappa shape index (κ1) is 26.4. The van der Waals surface area contributed by atoms with E-state index in [1.54, 1.807) is 31.0 Å². The maximum Gasteiger partial charge on any atom is 0.242 e. The normalized spacial score (nSPS) is 15.4. The van der Waals surface area contributed by atoms with Gasteiger partial charge in [-0.05, 0) is 48.6 Å².